The highest BCUT2D eigenvalue weighted by atomic mass is 19.2. The summed E-state index contributed by atoms with van der Waals surface area (Å²) in [5.74, 6) is -2.64. The third-order valence-electron chi connectivity index (χ3n) is 1.62. The lowest BCUT2D eigenvalue weighted by atomic mass is 9.94. The molecule has 0 fully saturated rings. The first-order chi connectivity index (χ1) is 3.89. The van der Waals surface area contributed by atoms with E-state index in [2.05, 4.69) is 0 Å². The van der Waals surface area contributed by atoms with Crippen LogP contribution in [0.1, 0.15) is 27.7 Å². The molecule has 0 atom stereocenters. The summed E-state index contributed by atoms with van der Waals surface area (Å²) in [5, 5.41) is 9.00. The van der Waals surface area contributed by atoms with E-state index in [9.17, 15) is 4.39 Å². The first-order valence-corrected chi connectivity index (χ1v) is 3.30. The molecule has 0 aromatic rings. The van der Waals surface area contributed by atoms with Crippen LogP contribution in [-0.4, -0.2) is 11.0 Å². The second kappa shape index (κ2) is 2.65. The molecule has 9 heavy (non-hydrogen) atoms. The van der Waals surface area contributed by atoms with Crippen molar-refractivity contribution in [2.24, 2.45) is 11.8 Å². The van der Waals surface area contributed by atoms with Crippen LogP contribution >= 0.6 is 0 Å². The molecule has 0 bridgehead atoms. The third-order valence-corrected chi connectivity index (χ3v) is 1.62. The zero-order valence-electron chi connectivity index (χ0n) is 6.48. The lowest BCUT2D eigenvalue weighted by Crippen LogP contribution is -2.35. The first-order valence-electron chi connectivity index (χ1n) is 3.30. The van der Waals surface area contributed by atoms with Crippen molar-refractivity contribution in [1.29, 1.82) is 0 Å². The fraction of sp³-hybridized carbons (Fsp3) is 1.00. The highest BCUT2D eigenvalue weighted by molar-refractivity contribution is 4.72. The van der Waals surface area contributed by atoms with E-state index in [0.29, 0.717) is 0 Å². The van der Waals surface area contributed by atoms with Gasteiger partial charge in [0.2, 0.25) is 5.85 Å². The van der Waals surface area contributed by atoms with Crippen molar-refractivity contribution < 1.29 is 9.50 Å². The van der Waals surface area contributed by atoms with Crippen LogP contribution in [-0.2, 0) is 0 Å². The maximum Gasteiger partial charge on any atom is 0.211 e. The minimum Gasteiger partial charge on any atom is -0.361 e. The summed E-state index contributed by atoms with van der Waals surface area (Å²) in [7, 11) is 0. The van der Waals surface area contributed by atoms with Crippen molar-refractivity contribution in [3.8, 4) is 0 Å². The normalized spacial score (nSPS) is 13.3. The van der Waals surface area contributed by atoms with Gasteiger partial charge in [-0.2, -0.15) is 0 Å². The summed E-state index contributed by atoms with van der Waals surface area (Å²) in [4.78, 5) is 0. The third kappa shape index (κ3) is 1.94. The molecule has 0 aliphatic rings. The number of halogens is 1. The number of alkyl halides is 1. The fourth-order valence-electron chi connectivity index (χ4n) is 0.667. The zero-order valence-corrected chi connectivity index (χ0v) is 6.48. The van der Waals surface area contributed by atoms with Gasteiger partial charge in [0.1, 0.15) is 0 Å². The van der Waals surface area contributed by atoms with Gasteiger partial charge in [0.25, 0.3) is 0 Å². The van der Waals surface area contributed by atoms with E-state index in [1.807, 2.05) is 0 Å². The molecule has 0 heterocycles. The Morgan fingerprint density at radius 1 is 1.11 bits per heavy atom. The summed E-state index contributed by atoms with van der Waals surface area (Å²) in [6, 6.07) is 0. The van der Waals surface area contributed by atoms with E-state index in [1.54, 1.807) is 27.7 Å². The Kier molecular flexibility index (Phi) is 2.62. The van der Waals surface area contributed by atoms with Crippen LogP contribution in [0.5, 0.6) is 0 Å². The largest absolute Gasteiger partial charge is 0.361 e. The molecule has 56 valence electrons. The van der Waals surface area contributed by atoms with Gasteiger partial charge in [-0.3, -0.25) is 0 Å². The molecule has 2 heteroatoms. The molecule has 0 aromatic heterocycles. The van der Waals surface area contributed by atoms with Crippen LogP contribution < -0.4 is 0 Å². The number of hydrogen-bond acceptors (Lipinski definition) is 1. The van der Waals surface area contributed by atoms with Gasteiger partial charge in [0.05, 0.1) is 0 Å². The van der Waals surface area contributed by atoms with Gasteiger partial charge in [-0.15, -0.1) is 0 Å². The summed E-state index contributed by atoms with van der Waals surface area (Å²) < 4.78 is 12.9. The van der Waals surface area contributed by atoms with E-state index in [1.165, 1.54) is 0 Å². The second-order valence-electron chi connectivity index (χ2n) is 3.04. The van der Waals surface area contributed by atoms with Gasteiger partial charge < -0.3 is 5.11 Å². The summed E-state index contributed by atoms with van der Waals surface area (Å²) in [6.07, 6.45) is 0. The topological polar surface area (TPSA) is 20.2 Å². The SMILES string of the molecule is CC(C)C(O)(F)C(C)C. The van der Waals surface area contributed by atoms with Crippen LogP contribution in [0.3, 0.4) is 0 Å². The molecule has 1 N–H and O–H groups in total. The predicted octanol–water partition coefficient (Wildman–Crippen LogP) is 1.96. The summed E-state index contributed by atoms with van der Waals surface area (Å²) in [6.45, 7) is 6.67. The number of aliphatic hydroxyl groups is 1. The van der Waals surface area contributed by atoms with Crippen molar-refractivity contribution in [2.75, 3.05) is 0 Å². The van der Waals surface area contributed by atoms with E-state index < -0.39 is 5.85 Å². The Labute approximate surface area is 55.9 Å². The maximum absolute atomic E-state index is 12.9. The summed E-state index contributed by atoms with van der Waals surface area (Å²) in [5.41, 5.74) is 0. The maximum atomic E-state index is 12.9. The minimum atomic E-state index is -2.00. The summed E-state index contributed by atoms with van der Waals surface area (Å²) >= 11 is 0. The molecule has 1 nitrogen and oxygen atoms in total. The average molecular weight is 134 g/mol. The highest BCUT2D eigenvalue weighted by Crippen LogP contribution is 2.26. The molecule has 0 amide bonds. The Morgan fingerprint density at radius 3 is 1.33 bits per heavy atom. The molecule has 0 rings (SSSR count). The molecular weight excluding hydrogens is 119 g/mol. The van der Waals surface area contributed by atoms with E-state index in [-0.39, 0.29) is 11.8 Å². The average Bonchev–Trinajstić information content (AvgIpc) is 1.65. The van der Waals surface area contributed by atoms with Crippen molar-refractivity contribution >= 4 is 0 Å². The Balaban J connectivity index is 4.01. The van der Waals surface area contributed by atoms with Gasteiger partial charge in [-0.05, 0) is 0 Å². The van der Waals surface area contributed by atoms with E-state index >= 15 is 0 Å². The Morgan fingerprint density at radius 2 is 1.33 bits per heavy atom. The standard InChI is InChI=1S/C7H15FO/c1-5(2)7(8,9)6(3)4/h5-6,9H,1-4H3. The van der Waals surface area contributed by atoms with Crippen LogP contribution in [0.25, 0.3) is 0 Å². The number of hydrogen-bond donors (Lipinski definition) is 1. The smallest absolute Gasteiger partial charge is 0.211 e. The molecule has 0 saturated heterocycles. The zero-order chi connectivity index (χ0) is 7.65. The van der Waals surface area contributed by atoms with Crippen LogP contribution in [0.15, 0.2) is 0 Å². The molecule has 0 spiro atoms. The monoisotopic (exact) mass is 134 g/mol. The Hall–Kier alpha value is -0.110. The van der Waals surface area contributed by atoms with Crippen molar-refractivity contribution in [3.05, 3.63) is 0 Å². The molecule has 0 saturated carbocycles. The van der Waals surface area contributed by atoms with Crippen molar-refractivity contribution in [2.45, 2.75) is 33.5 Å². The highest BCUT2D eigenvalue weighted by Gasteiger charge is 2.33. The molecule has 0 aliphatic heterocycles. The second-order valence-corrected chi connectivity index (χ2v) is 3.04. The van der Waals surface area contributed by atoms with E-state index in [4.69, 9.17) is 5.11 Å². The fourth-order valence-corrected chi connectivity index (χ4v) is 0.667. The minimum absolute atomic E-state index is 0.322. The van der Waals surface area contributed by atoms with Crippen LogP contribution in [0, 0.1) is 11.8 Å². The predicted molar refractivity (Wildman–Crippen MR) is 35.7 cm³/mol. The van der Waals surface area contributed by atoms with Crippen molar-refractivity contribution in [3.63, 3.8) is 0 Å². The van der Waals surface area contributed by atoms with Crippen LogP contribution in [0.4, 0.5) is 4.39 Å². The number of rotatable bonds is 2. The Bertz CT molecular complexity index is 76.9. The molecular formula is C7H15FO. The van der Waals surface area contributed by atoms with Crippen molar-refractivity contribution in [1.82, 2.24) is 0 Å². The lowest BCUT2D eigenvalue weighted by Gasteiger charge is -2.26. The van der Waals surface area contributed by atoms with Gasteiger partial charge in [-0.1, -0.05) is 27.7 Å². The van der Waals surface area contributed by atoms with Gasteiger partial charge in [-0.25, -0.2) is 4.39 Å². The van der Waals surface area contributed by atoms with Crippen LogP contribution in [0.2, 0.25) is 0 Å². The molecule has 0 unspecified atom stereocenters. The molecule has 0 aromatic carbocycles. The van der Waals surface area contributed by atoms with Gasteiger partial charge >= 0.3 is 0 Å². The lowest BCUT2D eigenvalue weighted by molar-refractivity contribution is -0.159. The molecule has 0 aliphatic carbocycles. The van der Waals surface area contributed by atoms with E-state index in [0.717, 1.165) is 0 Å². The first kappa shape index (κ1) is 8.89. The van der Waals surface area contributed by atoms with Gasteiger partial charge in [0.15, 0.2) is 0 Å². The quantitative estimate of drug-likeness (QED) is 0.612. The molecule has 0 radical (unpaired) electrons. The van der Waals surface area contributed by atoms with Gasteiger partial charge in [0, 0.05) is 11.8 Å².